The Bertz CT molecular complexity index is 877. The molecule has 8 heteroatoms. The van der Waals surface area contributed by atoms with Crippen LogP contribution in [0.15, 0.2) is 28.6 Å². The Morgan fingerprint density at radius 2 is 2.03 bits per heavy atom. The lowest BCUT2D eigenvalue weighted by atomic mass is 9.97. The Morgan fingerprint density at radius 1 is 1.23 bits per heavy atom. The number of fused-ring (bicyclic) bond motifs is 1. The van der Waals surface area contributed by atoms with Crippen molar-refractivity contribution < 1.29 is 9.47 Å². The summed E-state index contributed by atoms with van der Waals surface area (Å²) < 4.78 is 11.5. The molecule has 0 amide bonds. The number of benzene rings is 1. The van der Waals surface area contributed by atoms with Crippen LogP contribution in [-0.2, 0) is 6.54 Å². The number of aromatic nitrogens is 1. The van der Waals surface area contributed by atoms with E-state index in [1.54, 1.807) is 11.3 Å². The predicted octanol–water partition coefficient (Wildman–Crippen LogP) is 3.90. The zero-order valence-corrected chi connectivity index (χ0v) is 19.3. The molecule has 2 aromatic rings. The van der Waals surface area contributed by atoms with Gasteiger partial charge in [0.2, 0.25) is 0 Å². The Labute approximate surface area is 188 Å². The fourth-order valence-electron chi connectivity index (χ4n) is 3.94. The van der Waals surface area contributed by atoms with E-state index in [2.05, 4.69) is 39.7 Å². The van der Waals surface area contributed by atoms with Crippen LogP contribution >= 0.6 is 11.3 Å². The highest BCUT2D eigenvalue weighted by atomic mass is 32.1. The molecule has 1 aromatic carbocycles. The van der Waals surface area contributed by atoms with E-state index in [1.165, 1.54) is 18.5 Å². The number of guanidine groups is 1. The summed E-state index contributed by atoms with van der Waals surface area (Å²) in [5.41, 5.74) is 2.16. The van der Waals surface area contributed by atoms with E-state index in [0.717, 1.165) is 67.3 Å². The summed E-state index contributed by atoms with van der Waals surface area (Å²) in [6, 6.07) is 5.97. The monoisotopic (exact) mass is 443 g/mol. The number of anilines is 1. The van der Waals surface area contributed by atoms with Crippen molar-refractivity contribution in [3.8, 4) is 11.5 Å². The molecule has 0 unspecified atom stereocenters. The molecule has 1 aromatic heterocycles. The number of ether oxygens (including phenoxy) is 2. The molecule has 7 nitrogen and oxygen atoms in total. The van der Waals surface area contributed by atoms with Crippen LogP contribution in [-0.4, -0.2) is 55.2 Å². The number of nitrogens with zero attached hydrogens (tertiary/aromatic N) is 3. The molecule has 0 bridgehead atoms. The zero-order chi connectivity index (χ0) is 21.5. The lowest BCUT2D eigenvalue weighted by molar-refractivity contribution is 0.179. The highest BCUT2D eigenvalue weighted by Crippen LogP contribution is 2.32. The van der Waals surface area contributed by atoms with Gasteiger partial charge in [0.1, 0.15) is 0 Å². The molecule has 1 fully saturated rings. The minimum absolute atomic E-state index is 0.618. The molecule has 0 atom stereocenters. The van der Waals surface area contributed by atoms with Crippen LogP contribution < -0.4 is 20.1 Å². The fourth-order valence-corrected chi connectivity index (χ4v) is 4.55. The van der Waals surface area contributed by atoms with E-state index in [-0.39, 0.29) is 0 Å². The number of aryl methyl sites for hydroxylation is 1. The van der Waals surface area contributed by atoms with Crippen LogP contribution in [0.1, 0.15) is 36.9 Å². The van der Waals surface area contributed by atoms with E-state index in [0.29, 0.717) is 19.1 Å². The van der Waals surface area contributed by atoms with E-state index in [9.17, 15) is 0 Å². The van der Waals surface area contributed by atoms with Crippen LogP contribution in [0.3, 0.4) is 0 Å². The lowest BCUT2D eigenvalue weighted by Gasteiger charge is -2.30. The SMILES string of the molecule is CCNC(=NCC1CCN(Cc2csc(C)n2)CC1)Nc1ccc2c(c1)OCCCO2. The van der Waals surface area contributed by atoms with Gasteiger partial charge in [0.05, 0.1) is 23.9 Å². The lowest BCUT2D eigenvalue weighted by Crippen LogP contribution is -2.35. The Hall–Kier alpha value is -2.32. The number of piperidine rings is 1. The van der Waals surface area contributed by atoms with Crippen molar-refractivity contribution in [2.24, 2.45) is 10.9 Å². The van der Waals surface area contributed by atoms with Crippen LogP contribution in [0.25, 0.3) is 0 Å². The van der Waals surface area contributed by atoms with E-state index >= 15 is 0 Å². The Morgan fingerprint density at radius 3 is 2.77 bits per heavy atom. The molecular weight excluding hydrogens is 410 g/mol. The van der Waals surface area contributed by atoms with Gasteiger partial charge < -0.3 is 20.1 Å². The van der Waals surface area contributed by atoms with Gasteiger partial charge in [0, 0.05) is 43.2 Å². The summed E-state index contributed by atoms with van der Waals surface area (Å²) in [6.45, 7) is 10.4. The second-order valence-corrected chi connectivity index (χ2v) is 9.20. The van der Waals surface area contributed by atoms with Gasteiger partial charge in [-0.1, -0.05) is 0 Å². The molecule has 2 aliphatic rings. The summed E-state index contributed by atoms with van der Waals surface area (Å²) in [5, 5.41) is 10.1. The van der Waals surface area contributed by atoms with Gasteiger partial charge in [0.25, 0.3) is 0 Å². The molecule has 168 valence electrons. The van der Waals surface area contributed by atoms with Gasteiger partial charge in [-0.15, -0.1) is 11.3 Å². The molecule has 2 aliphatic heterocycles. The maximum Gasteiger partial charge on any atom is 0.195 e. The predicted molar refractivity (Wildman–Crippen MR) is 127 cm³/mol. The molecule has 0 aliphatic carbocycles. The maximum absolute atomic E-state index is 5.81. The number of rotatable bonds is 6. The van der Waals surface area contributed by atoms with E-state index < -0.39 is 0 Å². The van der Waals surface area contributed by atoms with Crippen molar-refractivity contribution in [2.75, 3.05) is 44.7 Å². The number of thiazole rings is 1. The third kappa shape index (κ3) is 6.33. The molecule has 0 spiro atoms. The van der Waals surface area contributed by atoms with E-state index in [1.807, 2.05) is 18.2 Å². The molecule has 3 heterocycles. The smallest absolute Gasteiger partial charge is 0.195 e. The Balaban J connectivity index is 1.29. The van der Waals surface area contributed by atoms with Crippen molar-refractivity contribution in [1.82, 2.24) is 15.2 Å². The number of likely N-dealkylation sites (tertiary alicyclic amines) is 1. The molecule has 0 saturated carbocycles. The normalized spacial score (nSPS) is 17.9. The van der Waals surface area contributed by atoms with Crippen molar-refractivity contribution in [3.63, 3.8) is 0 Å². The molecule has 0 radical (unpaired) electrons. The van der Waals surface area contributed by atoms with Gasteiger partial charge in [-0.25, -0.2) is 4.98 Å². The molecule has 2 N–H and O–H groups in total. The quantitative estimate of drug-likeness (QED) is 0.521. The van der Waals surface area contributed by atoms with Gasteiger partial charge in [-0.2, -0.15) is 0 Å². The molecule has 1 saturated heterocycles. The molecule has 31 heavy (non-hydrogen) atoms. The first-order valence-electron chi connectivity index (χ1n) is 11.3. The summed E-state index contributed by atoms with van der Waals surface area (Å²) in [5.74, 6) is 3.04. The second-order valence-electron chi connectivity index (χ2n) is 8.13. The summed E-state index contributed by atoms with van der Waals surface area (Å²) in [7, 11) is 0. The minimum Gasteiger partial charge on any atom is -0.490 e. The Kier molecular flexibility index (Phi) is 7.64. The third-order valence-electron chi connectivity index (χ3n) is 5.62. The molecule has 4 rings (SSSR count). The van der Waals surface area contributed by atoms with Crippen molar-refractivity contribution >= 4 is 23.0 Å². The number of hydrogen-bond acceptors (Lipinski definition) is 6. The topological polar surface area (TPSA) is 71.0 Å². The highest BCUT2D eigenvalue weighted by molar-refractivity contribution is 7.09. The summed E-state index contributed by atoms with van der Waals surface area (Å²) in [6.07, 6.45) is 3.26. The zero-order valence-electron chi connectivity index (χ0n) is 18.5. The maximum atomic E-state index is 5.81. The first-order valence-corrected chi connectivity index (χ1v) is 12.2. The van der Waals surface area contributed by atoms with Gasteiger partial charge >= 0.3 is 0 Å². The van der Waals surface area contributed by atoms with Gasteiger partial charge in [0.15, 0.2) is 17.5 Å². The average Bonchev–Trinajstić information content (AvgIpc) is 3.04. The first-order chi connectivity index (χ1) is 15.2. The average molecular weight is 444 g/mol. The van der Waals surface area contributed by atoms with Crippen molar-refractivity contribution in [2.45, 2.75) is 39.7 Å². The number of nitrogens with one attached hydrogen (secondary N) is 2. The van der Waals surface area contributed by atoms with Crippen LogP contribution in [0.4, 0.5) is 5.69 Å². The van der Waals surface area contributed by atoms with Gasteiger partial charge in [-0.05, 0) is 57.8 Å². The van der Waals surface area contributed by atoms with Crippen LogP contribution in [0, 0.1) is 12.8 Å². The largest absolute Gasteiger partial charge is 0.490 e. The standard InChI is InChI=1S/C23H33N5O2S/c1-3-24-23(27-19-5-6-21-22(13-19)30-12-4-11-29-21)25-14-18-7-9-28(10-8-18)15-20-16-31-17(2)26-20/h5-6,13,16,18H,3-4,7-12,14-15H2,1-2H3,(H2,24,25,27). The first kappa shape index (κ1) is 21.9. The number of hydrogen-bond donors (Lipinski definition) is 2. The molecular formula is C23H33N5O2S. The summed E-state index contributed by atoms with van der Waals surface area (Å²) >= 11 is 1.73. The third-order valence-corrected chi connectivity index (χ3v) is 6.44. The fraction of sp³-hybridized carbons (Fsp3) is 0.565. The summed E-state index contributed by atoms with van der Waals surface area (Å²) in [4.78, 5) is 12.0. The van der Waals surface area contributed by atoms with Gasteiger partial charge in [-0.3, -0.25) is 9.89 Å². The highest BCUT2D eigenvalue weighted by Gasteiger charge is 2.20. The van der Waals surface area contributed by atoms with E-state index in [4.69, 9.17) is 14.5 Å². The second kappa shape index (κ2) is 10.8. The van der Waals surface area contributed by atoms with Crippen LogP contribution in [0.5, 0.6) is 11.5 Å². The number of aliphatic imine (C=N–C) groups is 1. The van der Waals surface area contributed by atoms with Crippen molar-refractivity contribution in [3.05, 3.63) is 34.3 Å². The van der Waals surface area contributed by atoms with Crippen molar-refractivity contribution in [1.29, 1.82) is 0 Å². The van der Waals surface area contributed by atoms with Crippen LogP contribution in [0.2, 0.25) is 0 Å². The minimum atomic E-state index is 0.618.